The molecule has 0 aliphatic carbocycles. The first-order valence-corrected chi connectivity index (χ1v) is 5.74. The molecule has 0 atom stereocenters. The van der Waals surface area contributed by atoms with Crippen LogP contribution in [0.4, 0.5) is 0 Å². The van der Waals surface area contributed by atoms with Gasteiger partial charge in [0.1, 0.15) is 17.2 Å². The Bertz CT molecular complexity index is 616. The third kappa shape index (κ3) is 1.88. The molecule has 0 aliphatic rings. The van der Waals surface area contributed by atoms with Crippen molar-refractivity contribution in [1.29, 1.82) is 0 Å². The van der Waals surface area contributed by atoms with E-state index in [1.165, 1.54) is 6.07 Å². The van der Waals surface area contributed by atoms with Crippen molar-refractivity contribution in [3.63, 3.8) is 0 Å². The molecule has 0 saturated carbocycles. The van der Waals surface area contributed by atoms with Crippen LogP contribution in [0, 0.1) is 20.8 Å². The molecule has 0 heterocycles. The van der Waals surface area contributed by atoms with E-state index in [4.69, 9.17) is 0 Å². The van der Waals surface area contributed by atoms with Crippen LogP contribution in [0.25, 0.3) is 11.1 Å². The second-order valence-corrected chi connectivity index (χ2v) is 4.58. The van der Waals surface area contributed by atoms with Crippen LogP contribution in [0.2, 0.25) is 0 Å². The van der Waals surface area contributed by atoms with Gasteiger partial charge in [0, 0.05) is 11.6 Å². The fourth-order valence-electron chi connectivity index (χ4n) is 2.10. The van der Waals surface area contributed by atoms with Gasteiger partial charge in [0.05, 0.1) is 5.56 Å². The summed E-state index contributed by atoms with van der Waals surface area (Å²) in [6.45, 7) is 5.51. The van der Waals surface area contributed by atoms with Crippen LogP contribution in [0.1, 0.15) is 16.7 Å². The van der Waals surface area contributed by atoms with Gasteiger partial charge < -0.3 is 15.3 Å². The Hall–Kier alpha value is -2.16. The Kier molecular flexibility index (Phi) is 2.91. The van der Waals surface area contributed by atoms with Gasteiger partial charge in [-0.3, -0.25) is 0 Å². The highest BCUT2D eigenvalue weighted by Gasteiger charge is 2.17. The first kappa shape index (κ1) is 12.3. The largest absolute Gasteiger partial charge is 0.507 e. The van der Waals surface area contributed by atoms with Gasteiger partial charge in [0.15, 0.2) is 0 Å². The second kappa shape index (κ2) is 4.26. The van der Waals surface area contributed by atoms with Gasteiger partial charge in [0.25, 0.3) is 0 Å². The molecule has 2 rings (SSSR count). The predicted octanol–water partition coefficient (Wildman–Crippen LogP) is 3.40. The maximum absolute atomic E-state index is 10.1. The van der Waals surface area contributed by atoms with Crippen molar-refractivity contribution in [3.05, 3.63) is 41.0 Å². The number of benzene rings is 2. The van der Waals surface area contributed by atoms with E-state index < -0.39 is 0 Å². The summed E-state index contributed by atoms with van der Waals surface area (Å²) in [5.74, 6) is -0.319. The number of hydrogen-bond acceptors (Lipinski definition) is 3. The minimum atomic E-state index is -0.123. The van der Waals surface area contributed by atoms with Crippen molar-refractivity contribution in [3.8, 4) is 28.4 Å². The topological polar surface area (TPSA) is 60.7 Å². The number of aryl methyl sites for hydroxylation is 2. The lowest BCUT2D eigenvalue weighted by atomic mass is 9.95. The molecule has 0 aliphatic heterocycles. The summed E-state index contributed by atoms with van der Waals surface area (Å²) in [6, 6.07) is 7.01. The average Bonchev–Trinajstić information content (AvgIpc) is 2.29. The SMILES string of the molecule is Cc1ccc(-c2c(O)cc(O)c(C)c2O)c(C)c1. The highest BCUT2D eigenvalue weighted by Crippen LogP contribution is 2.44. The molecule has 0 saturated heterocycles. The van der Waals surface area contributed by atoms with E-state index >= 15 is 0 Å². The summed E-state index contributed by atoms with van der Waals surface area (Å²) in [6.07, 6.45) is 0. The summed E-state index contributed by atoms with van der Waals surface area (Å²) in [7, 11) is 0. The Labute approximate surface area is 106 Å². The molecule has 18 heavy (non-hydrogen) atoms. The molecular formula is C15H16O3. The number of hydrogen-bond donors (Lipinski definition) is 3. The van der Waals surface area contributed by atoms with E-state index in [1.54, 1.807) is 6.92 Å². The number of aromatic hydroxyl groups is 3. The molecule has 0 radical (unpaired) electrons. The zero-order valence-corrected chi connectivity index (χ0v) is 10.7. The van der Waals surface area contributed by atoms with Crippen LogP contribution in [-0.2, 0) is 0 Å². The monoisotopic (exact) mass is 244 g/mol. The molecular weight excluding hydrogens is 228 g/mol. The normalized spacial score (nSPS) is 10.6. The zero-order chi connectivity index (χ0) is 13.4. The molecule has 2 aromatic carbocycles. The first-order valence-electron chi connectivity index (χ1n) is 5.74. The van der Waals surface area contributed by atoms with Crippen molar-refractivity contribution < 1.29 is 15.3 Å². The van der Waals surface area contributed by atoms with Crippen molar-refractivity contribution in [2.24, 2.45) is 0 Å². The lowest BCUT2D eigenvalue weighted by Crippen LogP contribution is -1.89. The second-order valence-electron chi connectivity index (χ2n) is 4.58. The van der Waals surface area contributed by atoms with Gasteiger partial charge in [-0.15, -0.1) is 0 Å². The Morgan fingerprint density at radius 3 is 2.11 bits per heavy atom. The lowest BCUT2D eigenvalue weighted by Gasteiger charge is -2.14. The molecule has 0 amide bonds. The van der Waals surface area contributed by atoms with E-state index in [9.17, 15) is 15.3 Å². The number of phenolic OH excluding ortho intramolecular Hbond substituents is 3. The van der Waals surface area contributed by atoms with Gasteiger partial charge in [-0.1, -0.05) is 23.8 Å². The van der Waals surface area contributed by atoms with Crippen molar-refractivity contribution in [2.45, 2.75) is 20.8 Å². The van der Waals surface area contributed by atoms with Gasteiger partial charge >= 0.3 is 0 Å². The van der Waals surface area contributed by atoms with Crippen molar-refractivity contribution in [2.75, 3.05) is 0 Å². The zero-order valence-electron chi connectivity index (χ0n) is 10.7. The Balaban J connectivity index is 2.75. The van der Waals surface area contributed by atoms with Crippen LogP contribution >= 0.6 is 0 Å². The van der Waals surface area contributed by atoms with Crippen molar-refractivity contribution >= 4 is 0 Å². The highest BCUT2D eigenvalue weighted by atomic mass is 16.3. The Morgan fingerprint density at radius 2 is 1.50 bits per heavy atom. The predicted molar refractivity (Wildman–Crippen MR) is 71.1 cm³/mol. The molecule has 0 fully saturated rings. The van der Waals surface area contributed by atoms with Gasteiger partial charge in [-0.25, -0.2) is 0 Å². The lowest BCUT2D eigenvalue weighted by molar-refractivity contribution is 0.425. The fourth-order valence-corrected chi connectivity index (χ4v) is 2.10. The van der Waals surface area contributed by atoms with E-state index in [-0.39, 0.29) is 17.2 Å². The summed E-state index contributed by atoms with van der Waals surface area (Å²) in [5, 5.41) is 29.6. The molecule has 94 valence electrons. The molecule has 3 heteroatoms. The Morgan fingerprint density at radius 1 is 0.833 bits per heavy atom. The van der Waals surface area contributed by atoms with E-state index in [1.807, 2.05) is 32.0 Å². The van der Waals surface area contributed by atoms with E-state index in [2.05, 4.69) is 0 Å². The molecule has 0 aromatic heterocycles. The van der Waals surface area contributed by atoms with Crippen LogP contribution in [0.3, 0.4) is 0 Å². The highest BCUT2D eigenvalue weighted by molar-refractivity contribution is 5.81. The van der Waals surface area contributed by atoms with Gasteiger partial charge in [-0.05, 0) is 31.9 Å². The summed E-state index contributed by atoms with van der Waals surface area (Å²) >= 11 is 0. The van der Waals surface area contributed by atoms with Crippen molar-refractivity contribution in [1.82, 2.24) is 0 Å². The third-order valence-corrected chi connectivity index (χ3v) is 3.16. The number of rotatable bonds is 1. The standard InChI is InChI=1S/C15H16O3/c1-8-4-5-11(9(2)6-8)14-13(17)7-12(16)10(3)15(14)18/h4-7,16-18H,1-3H3. The minimum Gasteiger partial charge on any atom is -0.507 e. The summed E-state index contributed by atoms with van der Waals surface area (Å²) in [4.78, 5) is 0. The maximum Gasteiger partial charge on any atom is 0.133 e. The molecule has 2 aromatic rings. The summed E-state index contributed by atoms with van der Waals surface area (Å²) < 4.78 is 0. The molecule has 3 N–H and O–H groups in total. The summed E-state index contributed by atoms with van der Waals surface area (Å²) in [5.41, 5.74) is 3.57. The van der Waals surface area contributed by atoms with Crippen LogP contribution in [0.15, 0.2) is 24.3 Å². The van der Waals surface area contributed by atoms with E-state index in [0.717, 1.165) is 16.7 Å². The molecule has 3 nitrogen and oxygen atoms in total. The van der Waals surface area contributed by atoms with Crippen LogP contribution < -0.4 is 0 Å². The van der Waals surface area contributed by atoms with Crippen LogP contribution in [-0.4, -0.2) is 15.3 Å². The quantitative estimate of drug-likeness (QED) is 0.720. The average molecular weight is 244 g/mol. The van der Waals surface area contributed by atoms with Crippen LogP contribution in [0.5, 0.6) is 17.2 Å². The van der Waals surface area contributed by atoms with Gasteiger partial charge in [0.2, 0.25) is 0 Å². The molecule has 0 bridgehead atoms. The van der Waals surface area contributed by atoms with Gasteiger partial charge in [-0.2, -0.15) is 0 Å². The maximum atomic E-state index is 10.1. The number of phenols is 3. The minimum absolute atomic E-state index is 0.0838. The first-order chi connectivity index (χ1) is 8.41. The fraction of sp³-hybridized carbons (Fsp3) is 0.200. The third-order valence-electron chi connectivity index (χ3n) is 3.16. The van der Waals surface area contributed by atoms with E-state index in [0.29, 0.717) is 11.1 Å². The molecule has 0 spiro atoms. The smallest absolute Gasteiger partial charge is 0.133 e. The molecule has 0 unspecified atom stereocenters.